The minimum absolute atomic E-state index is 0.0374. The highest BCUT2D eigenvalue weighted by atomic mass is 32.2. The van der Waals surface area contributed by atoms with Gasteiger partial charge in [0, 0.05) is 23.2 Å². The van der Waals surface area contributed by atoms with Crippen LogP contribution < -0.4 is 0 Å². The maximum Gasteiger partial charge on any atom is 0.303 e. The Labute approximate surface area is 157 Å². The van der Waals surface area contributed by atoms with Crippen LogP contribution in [-0.4, -0.2) is 32.7 Å². The Kier molecular flexibility index (Phi) is 5.10. The van der Waals surface area contributed by atoms with Crippen LogP contribution in [0.5, 0.6) is 0 Å². The molecule has 1 saturated heterocycles. The highest BCUT2D eigenvalue weighted by Crippen LogP contribution is 2.40. The molecule has 1 amide bonds. The third-order valence-corrected chi connectivity index (χ3v) is 7.64. The van der Waals surface area contributed by atoms with E-state index in [1.807, 2.05) is 6.08 Å². The normalized spacial score (nSPS) is 16.8. The first-order chi connectivity index (χ1) is 11.4. The van der Waals surface area contributed by atoms with E-state index in [4.69, 9.17) is 17.3 Å². The van der Waals surface area contributed by atoms with E-state index < -0.39 is 5.97 Å². The molecule has 0 spiro atoms. The van der Waals surface area contributed by atoms with Crippen LogP contribution in [0.25, 0.3) is 15.5 Å². The van der Waals surface area contributed by atoms with Crippen molar-refractivity contribution in [3.8, 4) is 0 Å². The van der Waals surface area contributed by atoms with Crippen LogP contribution in [0.2, 0.25) is 0 Å². The van der Waals surface area contributed by atoms with Gasteiger partial charge in [-0.1, -0.05) is 24.0 Å². The Morgan fingerprint density at radius 1 is 1.42 bits per heavy atom. The van der Waals surface area contributed by atoms with Crippen molar-refractivity contribution in [1.29, 1.82) is 0 Å². The molecular weight excluding hydrogens is 382 g/mol. The summed E-state index contributed by atoms with van der Waals surface area (Å²) in [5, 5.41) is 12.2. The van der Waals surface area contributed by atoms with Crippen LogP contribution in [0.1, 0.15) is 28.8 Å². The molecule has 0 saturated carbocycles. The van der Waals surface area contributed by atoms with Gasteiger partial charge in [0.05, 0.1) is 8.92 Å². The molecule has 1 aliphatic rings. The Morgan fingerprint density at radius 3 is 2.83 bits per heavy atom. The zero-order valence-corrected chi connectivity index (χ0v) is 16.4. The molecule has 1 fully saturated rings. The van der Waals surface area contributed by atoms with E-state index >= 15 is 0 Å². The summed E-state index contributed by atoms with van der Waals surface area (Å²) in [6.07, 6.45) is 2.36. The molecule has 0 bridgehead atoms. The van der Waals surface area contributed by atoms with Crippen molar-refractivity contribution in [2.24, 2.45) is 0 Å². The molecule has 0 unspecified atom stereocenters. The lowest BCUT2D eigenvalue weighted by Gasteiger charge is -2.13. The smallest absolute Gasteiger partial charge is 0.303 e. The third-order valence-electron chi connectivity index (χ3n) is 3.80. The van der Waals surface area contributed by atoms with Crippen LogP contribution in [0, 0.1) is 13.8 Å². The number of aryl methyl sites for hydroxylation is 2. The number of carbonyl (C=O) groups excluding carboxylic acids is 1. The molecule has 3 heterocycles. The molecule has 1 aliphatic heterocycles. The van der Waals surface area contributed by atoms with Crippen LogP contribution in [0.4, 0.5) is 0 Å². The average molecular weight is 398 g/mol. The van der Waals surface area contributed by atoms with Crippen LogP contribution in [0.3, 0.4) is 0 Å². The van der Waals surface area contributed by atoms with Gasteiger partial charge in [-0.3, -0.25) is 14.5 Å². The van der Waals surface area contributed by atoms with Gasteiger partial charge in [-0.05, 0) is 42.9 Å². The quantitative estimate of drug-likeness (QED) is 0.588. The molecule has 1 N–H and O–H groups in total. The molecule has 2 aromatic rings. The number of hydrogen-bond donors (Lipinski definition) is 1. The highest BCUT2D eigenvalue weighted by Gasteiger charge is 2.32. The number of rotatable bonds is 5. The Balaban J connectivity index is 1.82. The Bertz CT molecular complexity index is 877. The number of fused-ring (bicyclic) bond motifs is 1. The fourth-order valence-corrected chi connectivity index (χ4v) is 6.43. The van der Waals surface area contributed by atoms with Crippen molar-refractivity contribution in [3.63, 3.8) is 0 Å². The number of amides is 1. The van der Waals surface area contributed by atoms with Crippen molar-refractivity contribution in [2.75, 3.05) is 6.54 Å². The van der Waals surface area contributed by atoms with Crippen molar-refractivity contribution in [3.05, 3.63) is 26.3 Å². The molecular formula is C16H15NO3S4. The van der Waals surface area contributed by atoms with E-state index in [1.165, 1.54) is 37.2 Å². The largest absolute Gasteiger partial charge is 0.481 e. The van der Waals surface area contributed by atoms with Gasteiger partial charge in [0.2, 0.25) is 0 Å². The maximum absolute atomic E-state index is 12.5. The van der Waals surface area contributed by atoms with Crippen molar-refractivity contribution in [1.82, 2.24) is 4.90 Å². The second-order valence-electron chi connectivity index (χ2n) is 5.50. The Hall–Kier alpha value is -1.22. The Morgan fingerprint density at radius 2 is 2.17 bits per heavy atom. The molecule has 3 rings (SSSR count). The van der Waals surface area contributed by atoms with Gasteiger partial charge in [-0.15, -0.1) is 22.7 Å². The standard InChI is InChI=1S/C16H15NO3S4/c1-8-7-22-15-13(8)9(2)10(23-15)6-11-14(20)17(16(21)24-11)5-3-4-12(18)19/h6-7H,3-5H2,1-2H3,(H,18,19). The number of aliphatic carboxylic acids is 1. The lowest BCUT2D eigenvalue weighted by atomic mass is 10.1. The van der Waals surface area contributed by atoms with E-state index in [9.17, 15) is 9.59 Å². The zero-order valence-electron chi connectivity index (χ0n) is 13.1. The number of thiocarbonyl (C=S) groups is 1. The summed E-state index contributed by atoms with van der Waals surface area (Å²) in [6.45, 7) is 4.54. The molecule has 2 aromatic heterocycles. The number of carboxylic acid groups (broad SMARTS) is 1. The lowest BCUT2D eigenvalue weighted by molar-refractivity contribution is -0.137. The first-order valence-corrected chi connectivity index (χ1v) is 10.2. The second kappa shape index (κ2) is 6.95. The molecule has 0 atom stereocenters. The van der Waals surface area contributed by atoms with Crippen molar-refractivity contribution in [2.45, 2.75) is 26.7 Å². The van der Waals surface area contributed by atoms with Gasteiger partial charge in [-0.2, -0.15) is 0 Å². The summed E-state index contributed by atoms with van der Waals surface area (Å²) in [5.74, 6) is -0.983. The van der Waals surface area contributed by atoms with Crippen molar-refractivity contribution >= 4 is 78.3 Å². The number of carbonyl (C=O) groups is 2. The summed E-state index contributed by atoms with van der Waals surface area (Å²) in [6, 6.07) is 0. The van der Waals surface area contributed by atoms with Gasteiger partial charge in [0.15, 0.2) is 0 Å². The third kappa shape index (κ3) is 3.28. The van der Waals surface area contributed by atoms with Crippen molar-refractivity contribution < 1.29 is 14.7 Å². The summed E-state index contributed by atoms with van der Waals surface area (Å²) >= 11 is 9.99. The number of carboxylic acids is 1. The van der Waals surface area contributed by atoms with Gasteiger partial charge in [-0.25, -0.2) is 0 Å². The van der Waals surface area contributed by atoms with Crippen LogP contribution in [0.15, 0.2) is 10.3 Å². The average Bonchev–Trinajstić information content (AvgIpc) is 3.11. The molecule has 24 heavy (non-hydrogen) atoms. The SMILES string of the molecule is Cc1csc2sc(C=C3SC(=S)N(CCCC(=O)O)C3=O)c(C)c12. The number of thiophene rings is 2. The van der Waals surface area contributed by atoms with E-state index in [0.29, 0.717) is 22.2 Å². The predicted molar refractivity (Wildman–Crippen MR) is 106 cm³/mol. The van der Waals surface area contributed by atoms with E-state index in [0.717, 1.165) is 4.88 Å². The first kappa shape index (κ1) is 17.6. The summed E-state index contributed by atoms with van der Waals surface area (Å²) in [5.41, 5.74) is 2.47. The van der Waals surface area contributed by atoms with E-state index in [2.05, 4.69) is 19.2 Å². The monoisotopic (exact) mass is 397 g/mol. The van der Waals surface area contributed by atoms with E-state index in [1.54, 1.807) is 22.7 Å². The zero-order chi connectivity index (χ0) is 17.4. The first-order valence-electron chi connectivity index (χ1n) is 7.33. The number of nitrogens with zero attached hydrogens (tertiary/aromatic N) is 1. The molecule has 8 heteroatoms. The molecule has 4 nitrogen and oxygen atoms in total. The topological polar surface area (TPSA) is 57.6 Å². The summed E-state index contributed by atoms with van der Waals surface area (Å²) in [4.78, 5) is 26.4. The molecule has 126 valence electrons. The predicted octanol–water partition coefficient (Wildman–Crippen LogP) is 4.65. The molecule has 0 aliphatic carbocycles. The fraction of sp³-hybridized carbons (Fsp3) is 0.312. The van der Waals surface area contributed by atoms with Gasteiger partial charge in [0.1, 0.15) is 4.32 Å². The highest BCUT2D eigenvalue weighted by molar-refractivity contribution is 8.26. The summed E-state index contributed by atoms with van der Waals surface area (Å²) < 4.78 is 1.78. The van der Waals surface area contributed by atoms with E-state index in [-0.39, 0.29) is 12.3 Å². The minimum Gasteiger partial charge on any atom is -0.481 e. The lowest BCUT2D eigenvalue weighted by Crippen LogP contribution is -2.29. The van der Waals surface area contributed by atoms with Gasteiger partial charge < -0.3 is 5.11 Å². The summed E-state index contributed by atoms with van der Waals surface area (Å²) in [7, 11) is 0. The van der Waals surface area contributed by atoms with Crippen LogP contribution >= 0.6 is 46.7 Å². The van der Waals surface area contributed by atoms with Gasteiger partial charge >= 0.3 is 5.97 Å². The second-order valence-corrected chi connectivity index (χ2v) is 9.37. The van der Waals surface area contributed by atoms with Gasteiger partial charge in [0.25, 0.3) is 5.91 Å². The number of hydrogen-bond acceptors (Lipinski definition) is 6. The molecule has 0 aromatic carbocycles. The van der Waals surface area contributed by atoms with Crippen LogP contribution in [-0.2, 0) is 9.59 Å². The maximum atomic E-state index is 12.5. The fourth-order valence-electron chi connectivity index (χ4n) is 2.58. The molecule has 0 radical (unpaired) electrons. The number of thioether (sulfide) groups is 1. The minimum atomic E-state index is -0.861.